The molecule has 8 nitrogen and oxygen atoms in total. The summed E-state index contributed by atoms with van der Waals surface area (Å²) in [5.41, 5.74) is 4.60. The van der Waals surface area contributed by atoms with Crippen molar-refractivity contribution in [2.24, 2.45) is 5.10 Å². The van der Waals surface area contributed by atoms with Crippen molar-refractivity contribution in [1.82, 2.24) is 5.43 Å². The van der Waals surface area contributed by atoms with Crippen molar-refractivity contribution in [1.29, 1.82) is 0 Å². The fourth-order valence-corrected chi connectivity index (χ4v) is 6.59. The van der Waals surface area contributed by atoms with E-state index in [2.05, 4.69) is 15.8 Å². The maximum atomic E-state index is 13.0. The average molecular weight is 590 g/mol. The van der Waals surface area contributed by atoms with E-state index in [1.54, 1.807) is 12.1 Å². The zero-order valence-electron chi connectivity index (χ0n) is 20.8. The van der Waals surface area contributed by atoms with Gasteiger partial charge in [0.15, 0.2) is 24.7 Å². The molecular weight excluding hydrogens is 565 g/mol. The van der Waals surface area contributed by atoms with Crippen molar-refractivity contribution in [3.8, 4) is 17.2 Å². The van der Waals surface area contributed by atoms with Gasteiger partial charge in [0.25, 0.3) is 11.8 Å². The number of nitrogens with zero attached hydrogens (tertiary/aromatic N) is 1. The number of methoxy groups -OCH3 is 1. The van der Waals surface area contributed by atoms with E-state index in [4.69, 9.17) is 25.8 Å². The van der Waals surface area contributed by atoms with Gasteiger partial charge in [-0.15, -0.1) is 23.5 Å². The van der Waals surface area contributed by atoms with E-state index >= 15 is 0 Å². The number of hydrogen-bond acceptors (Lipinski definition) is 8. The van der Waals surface area contributed by atoms with Crippen LogP contribution in [-0.2, 0) is 9.59 Å². The minimum absolute atomic E-state index is 0.166. The lowest BCUT2D eigenvalue weighted by molar-refractivity contribution is -0.123. The number of carbonyl (C=O) groups excluding carboxylic acids is 2. The van der Waals surface area contributed by atoms with Gasteiger partial charge in [-0.1, -0.05) is 23.7 Å². The largest absolute Gasteiger partial charge is 0.493 e. The second kappa shape index (κ2) is 14.1. The Labute approximate surface area is 238 Å². The molecule has 1 heterocycles. The number of amides is 2. The van der Waals surface area contributed by atoms with Crippen molar-refractivity contribution in [3.63, 3.8) is 0 Å². The van der Waals surface area contributed by atoms with Crippen LogP contribution in [0.4, 0.5) is 10.1 Å². The molecule has 1 aliphatic heterocycles. The molecule has 0 radical (unpaired) electrons. The third-order valence-electron chi connectivity index (χ3n) is 5.27. The minimum atomic E-state index is -0.460. The summed E-state index contributed by atoms with van der Waals surface area (Å²) in [6.45, 7) is -0.543. The van der Waals surface area contributed by atoms with E-state index in [-0.39, 0.29) is 29.7 Å². The molecule has 4 rings (SSSR count). The zero-order chi connectivity index (χ0) is 27.6. The first kappa shape index (κ1) is 28.6. The summed E-state index contributed by atoms with van der Waals surface area (Å²) in [6.07, 6.45) is 1.39. The van der Waals surface area contributed by atoms with Crippen molar-refractivity contribution in [2.45, 2.75) is 4.58 Å². The number of halogens is 2. The molecule has 0 aliphatic carbocycles. The number of thioether (sulfide) groups is 2. The van der Waals surface area contributed by atoms with Crippen molar-refractivity contribution < 1.29 is 28.2 Å². The fourth-order valence-electron chi connectivity index (χ4n) is 3.45. The highest BCUT2D eigenvalue weighted by Crippen LogP contribution is 2.45. The van der Waals surface area contributed by atoms with Gasteiger partial charge in [-0.3, -0.25) is 9.59 Å². The molecule has 2 amide bonds. The first-order valence-corrected chi connectivity index (χ1v) is 14.2. The van der Waals surface area contributed by atoms with E-state index in [1.165, 1.54) is 43.2 Å². The molecule has 1 saturated heterocycles. The molecule has 0 atom stereocenters. The Morgan fingerprint density at radius 2 is 1.72 bits per heavy atom. The average Bonchev–Trinajstić information content (AvgIpc) is 3.48. The lowest BCUT2D eigenvalue weighted by Crippen LogP contribution is -2.24. The Kier molecular flexibility index (Phi) is 10.3. The maximum absolute atomic E-state index is 13.0. The monoisotopic (exact) mass is 589 g/mol. The molecule has 0 bridgehead atoms. The quantitative estimate of drug-likeness (QED) is 0.225. The second-order valence-corrected chi connectivity index (χ2v) is 11.2. The summed E-state index contributed by atoms with van der Waals surface area (Å²) in [6, 6.07) is 16.2. The second-order valence-electron chi connectivity index (χ2n) is 8.10. The van der Waals surface area contributed by atoms with Gasteiger partial charge in [0.1, 0.15) is 11.6 Å². The van der Waals surface area contributed by atoms with Crippen LogP contribution in [0.2, 0.25) is 5.02 Å². The van der Waals surface area contributed by atoms with Gasteiger partial charge in [-0.05, 0) is 59.7 Å². The molecular formula is C27H25ClFN3O5S2. The molecule has 1 aliphatic rings. The van der Waals surface area contributed by atoms with Gasteiger partial charge in [-0.2, -0.15) is 5.10 Å². The number of hydrogen-bond donors (Lipinski definition) is 2. The van der Waals surface area contributed by atoms with E-state index in [0.717, 1.165) is 11.5 Å². The molecule has 0 saturated carbocycles. The van der Waals surface area contributed by atoms with Crippen LogP contribution in [0.3, 0.4) is 0 Å². The van der Waals surface area contributed by atoms with Crippen LogP contribution in [0.1, 0.15) is 15.7 Å². The van der Waals surface area contributed by atoms with E-state index in [9.17, 15) is 14.0 Å². The summed E-state index contributed by atoms with van der Waals surface area (Å²) >= 11 is 10.2. The summed E-state index contributed by atoms with van der Waals surface area (Å²) in [5.74, 6) is 2.05. The molecule has 12 heteroatoms. The predicted octanol–water partition coefficient (Wildman–Crippen LogP) is 5.51. The lowest BCUT2D eigenvalue weighted by atomic mass is 10.2. The van der Waals surface area contributed by atoms with E-state index < -0.39 is 17.6 Å². The van der Waals surface area contributed by atoms with Crippen molar-refractivity contribution in [2.75, 3.05) is 37.1 Å². The maximum Gasteiger partial charge on any atom is 0.277 e. The number of nitrogens with one attached hydrogen (secondary N) is 2. The molecule has 3 aromatic carbocycles. The molecule has 2 N–H and O–H groups in total. The Balaban J connectivity index is 1.25. The Hall–Kier alpha value is -3.41. The van der Waals surface area contributed by atoms with Crippen LogP contribution >= 0.6 is 35.1 Å². The van der Waals surface area contributed by atoms with E-state index in [1.807, 2.05) is 47.8 Å². The summed E-state index contributed by atoms with van der Waals surface area (Å²) in [7, 11) is 1.43. The van der Waals surface area contributed by atoms with Gasteiger partial charge >= 0.3 is 0 Å². The number of carbonyl (C=O) groups is 2. The van der Waals surface area contributed by atoms with Crippen LogP contribution in [0.15, 0.2) is 65.8 Å². The molecule has 204 valence electrons. The van der Waals surface area contributed by atoms with Crippen LogP contribution in [0, 0.1) is 5.82 Å². The van der Waals surface area contributed by atoms with Crippen LogP contribution in [0.5, 0.6) is 17.2 Å². The normalized spacial score (nSPS) is 13.3. The smallest absolute Gasteiger partial charge is 0.277 e. The van der Waals surface area contributed by atoms with E-state index in [0.29, 0.717) is 21.6 Å². The lowest BCUT2D eigenvalue weighted by Gasteiger charge is -2.13. The highest BCUT2D eigenvalue weighted by Gasteiger charge is 2.18. The van der Waals surface area contributed by atoms with Gasteiger partial charge in [0.2, 0.25) is 0 Å². The molecule has 3 aromatic rings. The Morgan fingerprint density at radius 1 is 1.03 bits per heavy atom. The van der Waals surface area contributed by atoms with Crippen molar-refractivity contribution in [3.05, 3.63) is 82.6 Å². The van der Waals surface area contributed by atoms with Gasteiger partial charge in [0.05, 0.1) is 22.9 Å². The van der Waals surface area contributed by atoms with Gasteiger partial charge < -0.3 is 19.5 Å². The first-order valence-electron chi connectivity index (χ1n) is 11.7. The third-order valence-corrected chi connectivity index (χ3v) is 8.66. The highest BCUT2D eigenvalue weighted by atomic mass is 35.5. The molecule has 39 heavy (non-hydrogen) atoms. The fraction of sp³-hybridized carbons (Fsp3) is 0.222. The van der Waals surface area contributed by atoms with Crippen LogP contribution in [-0.4, -0.2) is 49.9 Å². The minimum Gasteiger partial charge on any atom is -0.493 e. The third kappa shape index (κ3) is 8.54. The molecule has 0 spiro atoms. The number of ether oxygens (including phenoxy) is 3. The van der Waals surface area contributed by atoms with Crippen LogP contribution in [0.25, 0.3) is 0 Å². The Bertz CT molecular complexity index is 1320. The number of rotatable bonds is 11. The SMILES string of the molecule is COc1cc(/C=N\NC(=O)COc2ccc(C3SCCS3)cc2)cc(Cl)c1OCC(=O)Nc1ccc(F)cc1. The standard InChI is InChI=1S/C27H25ClFN3O5S2/c1-35-23-13-17(12-22(28)26(23)37-15-24(33)31-20-6-4-19(29)5-7-20)14-30-32-25(34)16-36-21-8-2-18(3-9-21)27-38-10-11-39-27/h2-9,12-14,27H,10-11,15-16H2,1H3,(H,31,33)(H,32,34)/b30-14-. The van der Waals surface area contributed by atoms with Crippen molar-refractivity contribution >= 4 is 58.8 Å². The zero-order valence-corrected chi connectivity index (χ0v) is 23.2. The number of anilines is 1. The molecule has 0 aromatic heterocycles. The molecule has 0 unspecified atom stereocenters. The summed E-state index contributed by atoms with van der Waals surface area (Å²) in [5, 5.41) is 6.71. The van der Waals surface area contributed by atoms with Gasteiger partial charge in [-0.25, -0.2) is 9.82 Å². The number of benzene rings is 3. The van der Waals surface area contributed by atoms with Gasteiger partial charge in [0, 0.05) is 17.2 Å². The summed E-state index contributed by atoms with van der Waals surface area (Å²) < 4.78 is 29.9. The topological polar surface area (TPSA) is 98.2 Å². The number of hydrazone groups is 1. The van der Waals surface area contributed by atoms with Crippen LogP contribution < -0.4 is 25.0 Å². The first-order chi connectivity index (χ1) is 18.9. The Morgan fingerprint density at radius 3 is 2.41 bits per heavy atom. The molecule has 1 fully saturated rings. The summed E-state index contributed by atoms with van der Waals surface area (Å²) in [4.78, 5) is 24.3. The predicted molar refractivity (Wildman–Crippen MR) is 154 cm³/mol. The highest BCUT2D eigenvalue weighted by molar-refractivity contribution is 8.19.